The zero-order valence-corrected chi connectivity index (χ0v) is 10.7. The van der Waals surface area contributed by atoms with E-state index in [2.05, 4.69) is 0 Å². The second-order valence-corrected chi connectivity index (χ2v) is 4.72. The molecule has 0 saturated heterocycles. The monoisotopic (exact) mass is 288 g/mol. The highest BCUT2D eigenvalue weighted by atomic mass is 35.5. The summed E-state index contributed by atoms with van der Waals surface area (Å²) < 4.78 is 31.0. The summed E-state index contributed by atoms with van der Waals surface area (Å²) in [7, 11) is 1.42. The summed E-state index contributed by atoms with van der Waals surface area (Å²) in [6.07, 6.45) is 0. The first kappa shape index (κ1) is 13.0. The second kappa shape index (κ2) is 5.04. The van der Waals surface area contributed by atoms with Crippen LogP contribution in [0.2, 0.25) is 5.02 Å². The van der Waals surface area contributed by atoms with Crippen LogP contribution in [0.3, 0.4) is 0 Å². The highest BCUT2D eigenvalue weighted by Gasteiger charge is 2.20. The fourth-order valence-electron chi connectivity index (χ4n) is 1.44. The van der Waals surface area contributed by atoms with Gasteiger partial charge in [-0.05, 0) is 23.6 Å². The third-order valence-corrected chi connectivity index (χ3v) is 3.52. The standard InChI is InChI=1S/C12H7ClF2O2S/c1-17-10-2-3-18-12(10)11(16)6-4-8(14)9(15)5-7(6)13/h2-5H,1H3. The number of carbonyl (C=O) groups is 1. The van der Waals surface area contributed by atoms with E-state index in [1.54, 1.807) is 11.4 Å². The summed E-state index contributed by atoms with van der Waals surface area (Å²) in [6.45, 7) is 0. The van der Waals surface area contributed by atoms with Crippen LogP contribution in [0.25, 0.3) is 0 Å². The zero-order valence-electron chi connectivity index (χ0n) is 9.17. The fraction of sp³-hybridized carbons (Fsp3) is 0.0833. The van der Waals surface area contributed by atoms with Crippen LogP contribution in [-0.2, 0) is 0 Å². The highest BCUT2D eigenvalue weighted by molar-refractivity contribution is 7.12. The minimum atomic E-state index is -1.11. The van der Waals surface area contributed by atoms with Crippen molar-refractivity contribution in [1.29, 1.82) is 0 Å². The molecule has 6 heteroatoms. The molecule has 0 radical (unpaired) electrons. The van der Waals surface area contributed by atoms with E-state index >= 15 is 0 Å². The number of ketones is 1. The van der Waals surface area contributed by atoms with Crippen LogP contribution in [0.1, 0.15) is 15.2 Å². The third-order valence-electron chi connectivity index (χ3n) is 2.31. The predicted molar refractivity (Wildman–Crippen MR) is 65.7 cm³/mol. The Morgan fingerprint density at radius 1 is 1.33 bits per heavy atom. The highest BCUT2D eigenvalue weighted by Crippen LogP contribution is 2.30. The molecule has 1 aromatic heterocycles. The van der Waals surface area contributed by atoms with E-state index in [4.69, 9.17) is 16.3 Å². The first-order valence-corrected chi connectivity index (χ1v) is 6.11. The molecular weight excluding hydrogens is 282 g/mol. The molecule has 0 fully saturated rings. The van der Waals surface area contributed by atoms with Crippen LogP contribution in [0.4, 0.5) is 8.78 Å². The Labute approximate surface area is 111 Å². The van der Waals surface area contributed by atoms with Crippen LogP contribution >= 0.6 is 22.9 Å². The normalized spacial score (nSPS) is 10.4. The lowest BCUT2D eigenvalue weighted by atomic mass is 10.1. The average Bonchev–Trinajstić information content (AvgIpc) is 2.81. The van der Waals surface area contributed by atoms with Gasteiger partial charge < -0.3 is 4.74 Å². The fourth-order valence-corrected chi connectivity index (χ4v) is 2.49. The molecule has 2 nitrogen and oxygen atoms in total. The number of ether oxygens (including phenoxy) is 1. The average molecular weight is 289 g/mol. The van der Waals surface area contributed by atoms with Crippen LogP contribution in [0, 0.1) is 11.6 Å². The molecule has 1 aromatic carbocycles. The van der Waals surface area contributed by atoms with Gasteiger partial charge in [0, 0.05) is 5.56 Å². The number of thiophene rings is 1. The van der Waals surface area contributed by atoms with Gasteiger partial charge in [0.25, 0.3) is 0 Å². The molecule has 0 amide bonds. The first-order chi connectivity index (χ1) is 8.54. The summed E-state index contributed by atoms with van der Waals surface area (Å²) in [5, 5.41) is 1.54. The number of hydrogen-bond acceptors (Lipinski definition) is 3. The molecule has 0 unspecified atom stereocenters. The summed E-state index contributed by atoms with van der Waals surface area (Å²) in [6, 6.07) is 3.19. The second-order valence-electron chi connectivity index (χ2n) is 3.39. The summed E-state index contributed by atoms with van der Waals surface area (Å²) in [4.78, 5) is 12.4. The number of methoxy groups -OCH3 is 1. The predicted octanol–water partition coefficient (Wildman–Crippen LogP) is 3.92. The lowest BCUT2D eigenvalue weighted by Crippen LogP contribution is -2.03. The van der Waals surface area contributed by atoms with Crippen LogP contribution in [0.15, 0.2) is 23.6 Å². The number of halogens is 3. The van der Waals surface area contributed by atoms with E-state index < -0.39 is 17.4 Å². The summed E-state index contributed by atoms with van der Waals surface area (Å²) in [5.74, 6) is -2.32. The van der Waals surface area contributed by atoms with Crippen molar-refractivity contribution in [1.82, 2.24) is 0 Å². The Morgan fingerprint density at radius 3 is 2.67 bits per heavy atom. The van der Waals surface area contributed by atoms with Crippen molar-refractivity contribution in [3.63, 3.8) is 0 Å². The van der Waals surface area contributed by atoms with E-state index in [9.17, 15) is 13.6 Å². The van der Waals surface area contributed by atoms with E-state index in [-0.39, 0.29) is 10.6 Å². The molecule has 2 aromatic rings. The van der Waals surface area contributed by atoms with Crippen LogP contribution < -0.4 is 4.74 Å². The van der Waals surface area contributed by atoms with Gasteiger partial charge in [-0.15, -0.1) is 11.3 Å². The lowest BCUT2D eigenvalue weighted by molar-refractivity contribution is 0.103. The molecule has 0 N–H and O–H groups in total. The summed E-state index contributed by atoms with van der Waals surface area (Å²) in [5.41, 5.74) is -0.0867. The van der Waals surface area contributed by atoms with Crippen molar-refractivity contribution >= 4 is 28.7 Å². The maximum absolute atomic E-state index is 13.1. The van der Waals surface area contributed by atoms with Crippen molar-refractivity contribution < 1.29 is 18.3 Å². The van der Waals surface area contributed by atoms with Gasteiger partial charge in [-0.3, -0.25) is 4.79 Å². The van der Waals surface area contributed by atoms with Crippen molar-refractivity contribution in [2.45, 2.75) is 0 Å². The molecule has 0 bridgehead atoms. The molecule has 1 heterocycles. The van der Waals surface area contributed by atoms with E-state index in [0.29, 0.717) is 10.6 Å². The van der Waals surface area contributed by atoms with Gasteiger partial charge in [-0.1, -0.05) is 11.6 Å². The molecule has 0 spiro atoms. The molecule has 0 saturated carbocycles. The van der Waals surface area contributed by atoms with Gasteiger partial charge in [-0.2, -0.15) is 0 Å². The number of hydrogen-bond donors (Lipinski definition) is 0. The van der Waals surface area contributed by atoms with Crippen molar-refractivity contribution in [2.24, 2.45) is 0 Å². The van der Waals surface area contributed by atoms with Gasteiger partial charge in [0.15, 0.2) is 11.6 Å². The van der Waals surface area contributed by atoms with Crippen LogP contribution in [-0.4, -0.2) is 12.9 Å². The number of rotatable bonds is 3. The Bertz CT molecular complexity index is 610. The zero-order chi connectivity index (χ0) is 13.3. The molecule has 94 valence electrons. The maximum atomic E-state index is 13.1. The third kappa shape index (κ3) is 2.23. The summed E-state index contributed by atoms with van der Waals surface area (Å²) >= 11 is 6.89. The quantitative estimate of drug-likeness (QED) is 0.632. The van der Waals surface area contributed by atoms with Crippen LogP contribution in [0.5, 0.6) is 5.75 Å². The Morgan fingerprint density at radius 2 is 2.00 bits per heavy atom. The first-order valence-electron chi connectivity index (χ1n) is 4.85. The smallest absolute Gasteiger partial charge is 0.208 e. The maximum Gasteiger partial charge on any atom is 0.208 e. The van der Waals surface area contributed by atoms with Gasteiger partial charge >= 0.3 is 0 Å². The largest absolute Gasteiger partial charge is 0.495 e. The molecule has 2 rings (SSSR count). The SMILES string of the molecule is COc1ccsc1C(=O)c1cc(F)c(F)cc1Cl. The van der Waals surface area contributed by atoms with Crippen molar-refractivity contribution in [3.05, 3.63) is 50.7 Å². The Kier molecular flexibility index (Phi) is 3.63. The number of carbonyl (C=O) groups excluding carboxylic acids is 1. The van der Waals surface area contributed by atoms with Gasteiger partial charge in [-0.25, -0.2) is 8.78 Å². The minimum absolute atomic E-state index is 0.0867. The Balaban J connectivity index is 2.50. The van der Waals surface area contributed by atoms with Gasteiger partial charge in [0.2, 0.25) is 5.78 Å². The number of benzene rings is 1. The lowest BCUT2D eigenvalue weighted by Gasteiger charge is -2.05. The van der Waals surface area contributed by atoms with Crippen molar-refractivity contribution in [3.8, 4) is 5.75 Å². The Hall–Kier alpha value is -1.46. The van der Waals surface area contributed by atoms with E-state index in [0.717, 1.165) is 23.5 Å². The van der Waals surface area contributed by atoms with Crippen molar-refractivity contribution in [2.75, 3.05) is 7.11 Å². The van der Waals surface area contributed by atoms with E-state index in [1.807, 2.05) is 0 Å². The minimum Gasteiger partial charge on any atom is -0.495 e. The molecular formula is C12H7ClF2O2S. The molecule has 0 aliphatic heterocycles. The molecule has 18 heavy (non-hydrogen) atoms. The molecule has 0 atom stereocenters. The van der Waals surface area contributed by atoms with E-state index in [1.165, 1.54) is 7.11 Å². The topological polar surface area (TPSA) is 26.3 Å². The van der Waals surface area contributed by atoms with Gasteiger partial charge in [0.1, 0.15) is 10.6 Å². The molecule has 0 aliphatic carbocycles. The van der Waals surface area contributed by atoms with Gasteiger partial charge in [0.05, 0.1) is 12.1 Å². The molecule has 0 aliphatic rings.